The van der Waals surface area contributed by atoms with Crippen molar-refractivity contribution in [2.24, 2.45) is 0 Å². The molecular weight excluding hydrogens is 176 g/mol. The summed E-state index contributed by atoms with van der Waals surface area (Å²) in [7, 11) is 0. The highest BCUT2D eigenvalue weighted by Crippen LogP contribution is 1.99. The molecule has 0 saturated carbocycles. The predicted octanol–water partition coefficient (Wildman–Crippen LogP) is 1.58. The van der Waals surface area contributed by atoms with Gasteiger partial charge in [0.2, 0.25) is 0 Å². The molecule has 0 aliphatic rings. The molecular formula is C10H20N4. The van der Waals surface area contributed by atoms with Crippen LogP contribution in [-0.2, 0) is 13.1 Å². The van der Waals surface area contributed by atoms with E-state index in [4.69, 9.17) is 0 Å². The van der Waals surface area contributed by atoms with Gasteiger partial charge in [-0.3, -0.25) is 4.68 Å². The third-order valence-corrected chi connectivity index (χ3v) is 2.47. The SMILES string of the molecule is CCC(CC)NCc1cn(CC)nn1. The molecule has 0 aliphatic heterocycles. The molecule has 80 valence electrons. The maximum absolute atomic E-state index is 4.08. The summed E-state index contributed by atoms with van der Waals surface area (Å²) in [5.74, 6) is 0. The van der Waals surface area contributed by atoms with E-state index < -0.39 is 0 Å². The van der Waals surface area contributed by atoms with Gasteiger partial charge in [-0.1, -0.05) is 19.1 Å². The molecule has 0 bridgehead atoms. The van der Waals surface area contributed by atoms with Crippen LogP contribution in [0.15, 0.2) is 6.20 Å². The summed E-state index contributed by atoms with van der Waals surface area (Å²) >= 11 is 0. The van der Waals surface area contributed by atoms with E-state index in [9.17, 15) is 0 Å². The van der Waals surface area contributed by atoms with E-state index in [-0.39, 0.29) is 0 Å². The van der Waals surface area contributed by atoms with Crippen LogP contribution < -0.4 is 5.32 Å². The fourth-order valence-corrected chi connectivity index (χ4v) is 1.40. The summed E-state index contributed by atoms with van der Waals surface area (Å²) in [5, 5.41) is 11.5. The zero-order chi connectivity index (χ0) is 10.4. The van der Waals surface area contributed by atoms with E-state index in [1.54, 1.807) is 0 Å². The molecule has 0 fully saturated rings. The highest BCUT2D eigenvalue weighted by atomic mass is 15.4. The lowest BCUT2D eigenvalue weighted by Crippen LogP contribution is -2.27. The van der Waals surface area contributed by atoms with Crippen LogP contribution in [0.1, 0.15) is 39.3 Å². The van der Waals surface area contributed by atoms with Gasteiger partial charge < -0.3 is 5.32 Å². The zero-order valence-electron chi connectivity index (χ0n) is 9.32. The number of hydrogen-bond acceptors (Lipinski definition) is 3. The second kappa shape index (κ2) is 5.75. The molecule has 1 aromatic rings. The summed E-state index contributed by atoms with van der Waals surface area (Å²) in [6, 6.07) is 0.599. The quantitative estimate of drug-likeness (QED) is 0.751. The molecule has 0 atom stereocenters. The van der Waals surface area contributed by atoms with Gasteiger partial charge in [0.25, 0.3) is 0 Å². The Hall–Kier alpha value is -0.900. The lowest BCUT2D eigenvalue weighted by Gasteiger charge is -2.12. The van der Waals surface area contributed by atoms with Crippen molar-refractivity contribution in [3.8, 4) is 0 Å². The van der Waals surface area contributed by atoms with Crippen molar-refractivity contribution in [2.45, 2.75) is 52.7 Å². The number of aryl methyl sites for hydroxylation is 1. The minimum absolute atomic E-state index is 0.599. The summed E-state index contributed by atoms with van der Waals surface area (Å²) < 4.78 is 1.85. The summed E-state index contributed by atoms with van der Waals surface area (Å²) in [4.78, 5) is 0. The number of nitrogens with one attached hydrogen (secondary N) is 1. The first kappa shape index (κ1) is 11.2. The van der Waals surface area contributed by atoms with Crippen molar-refractivity contribution in [3.05, 3.63) is 11.9 Å². The molecule has 0 unspecified atom stereocenters. The van der Waals surface area contributed by atoms with Crippen LogP contribution in [0.4, 0.5) is 0 Å². The van der Waals surface area contributed by atoms with Gasteiger partial charge in [-0.2, -0.15) is 0 Å². The van der Waals surface area contributed by atoms with Crippen LogP contribution >= 0.6 is 0 Å². The van der Waals surface area contributed by atoms with Crippen molar-refractivity contribution < 1.29 is 0 Å². The first-order chi connectivity index (χ1) is 6.80. The summed E-state index contributed by atoms with van der Waals surface area (Å²) in [5.41, 5.74) is 1.03. The average molecular weight is 196 g/mol. The Morgan fingerprint density at radius 1 is 1.36 bits per heavy atom. The zero-order valence-corrected chi connectivity index (χ0v) is 9.32. The Balaban J connectivity index is 2.37. The van der Waals surface area contributed by atoms with Crippen LogP contribution in [0.5, 0.6) is 0 Å². The lowest BCUT2D eigenvalue weighted by atomic mass is 10.2. The maximum atomic E-state index is 4.08. The molecule has 1 heterocycles. The van der Waals surface area contributed by atoms with Gasteiger partial charge in [0.15, 0.2) is 0 Å². The van der Waals surface area contributed by atoms with Crippen molar-refractivity contribution in [1.82, 2.24) is 20.3 Å². The lowest BCUT2D eigenvalue weighted by molar-refractivity contribution is 0.480. The molecule has 1 aromatic heterocycles. The molecule has 0 radical (unpaired) electrons. The highest BCUT2D eigenvalue weighted by molar-refractivity contribution is 4.91. The molecule has 0 aliphatic carbocycles. The largest absolute Gasteiger partial charge is 0.308 e. The van der Waals surface area contributed by atoms with E-state index >= 15 is 0 Å². The molecule has 0 aromatic carbocycles. The smallest absolute Gasteiger partial charge is 0.0964 e. The normalized spacial score (nSPS) is 11.1. The molecule has 14 heavy (non-hydrogen) atoms. The second-order valence-corrected chi connectivity index (χ2v) is 3.46. The third kappa shape index (κ3) is 3.10. The van der Waals surface area contributed by atoms with Crippen molar-refractivity contribution in [1.29, 1.82) is 0 Å². The van der Waals surface area contributed by atoms with Gasteiger partial charge >= 0.3 is 0 Å². The van der Waals surface area contributed by atoms with Crippen molar-refractivity contribution in [3.63, 3.8) is 0 Å². The number of hydrogen-bond donors (Lipinski definition) is 1. The van der Waals surface area contributed by atoms with Gasteiger partial charge in [-0.25, -0.2) is 0 Å². The van der Waals surface area contributed by atoms with Gasteiger partial charge in [-0.15, -0.1) is 5.10 Å². The second-order valence-electron chi connectivity index (χ2n) is 3.46. The minimum Gasteiger partial charge on any atom is -0.308 e. The average Bonchev–Trinajstić information content (AvgIpc) is 2.67. The topological polar surface area (TPSA) is 42.7 Å². The van der Waals surface area contributed by atoms with Crippen LogP contribution in [0, 0.1) is 0 Å². The highest BCUT2D eigenvalue weighted by Gasteiger charge is 2.04. The molecule has 4 nitrogen and oxygen atoms in total. The van der Waals surface area contributed by atoms with E-state index in [0.29, 0.717) is 6.04 Å². The Labute approximate surface area is 85.7 Å². The molecule has 0 saturated heterocycles. The van der Waals surface area contributed by atoms with E-state index in [1.807, 2.05) is 10.9 Å². The summed E-state index contributed by atoms with van der Waals surface area (Å²) in [6.45, 7) is 8.17. The van der Waals surface area contributed by atoms with Crippen LogP contribution in [0.2, 0.25) is 0 Å². The van der Waals surface area contributed by atoms with Crippen LogP contribution in [-0.4, -0.2) is 21.0 Å². The Morgan fingerprint density at radius 2 is 2.07 bits per heavy atom. The Bertz CT molecular complexity index is 252. The van der Waals surface area contributed by atoms with Gasteiger partial charge in [0.05, 0.1) is 5.69 Å². The summed E-state index contributed by atoms with van der Waals surface area (Å²) in [6.07, 6.45) is 4.33. The van der Waals surface area contributed by atoms with Gasteiger partial charge in [0, 0.05) is 25.3 Å². The number of aromatic nitrogens is 3. The van der Waals surface area contributed by atoms with Gasteiger partial charge in [-0.05, 0) is 19.8 Å². The minimum atomic E-state index is 0.599. The van der Waals surface area contributed by atoms with Crippen molar-refractivity contribution >= 4 is 0 Å². The standard InChI is InChI=1S/C10H20N4/c1-4-9(5-2)11-7-10-8-14(6-3)13-12-10/h8-9,11H,4-7H2,1-3H3. The number of rotatable bonds is 6. The first-order valence-corrected chi connectivity index (χ1v) is 5.42. The first-order valence-electron chi connectivity index (χ1n) is 5.42. The molecule has 0 amide bonds. The molecule has 1 rings (SSSR count). The van der Waals surface area contributed by atoms with Crippen molar-refractivity contribution in [2.75, 3.05) is 0 Å². The number of nitrogens with zero attached hydrogens (tertiary/aromatic N) is 3. The predicted molar refractivity (Wildman–Crippen MR) is 56.9 cm³/mol. The fraction of sp³-hybridized carbons (Fsp3) is 0.800. The maximum Gasteiger partial charge on any atom is 0.0964 e. The van der Waals surface area contributed by atoms with E-state index in [2.05, 4.69) is 36.4 Å². The molecule has 1 N–H and O–H groups in total. The Kier molecular flexibility index (Phi) is 4.59. The Morgan fingerprint density at radius 3 is 2.57 bits per heavy atom. The van der Waals surface area contributed by atoms with Crippen LogP contribution in [0.25, 0.3) is 0 Å². The monoisotopic (exact) mass is 196 g/mol. The third-order valence-electron chi connectivity index (χ3n) is 2.47. The molecule has 4 heteroatoms. The van der Waals surface area contributed by atoms with E-state index in [1.165, 1.54) is 12.8 Å². The van der Waals surface area contributed by atoms with Crippen LogP contribution in [0.3, 0.4) is 0 Å². The van der Waals surface area contributed by atoms with Gasteiger partial charge in [0.1, 0.15) is 0 Å². The molecule has 0 spiro atoms. The van der Waals surface area contributed by atoms with E-state index in [0.717, 1.165) is 18.8 Å². The fourth-order valence-electron chi connectivity index (χ4n) is 1.40.